The van der Waals surface area contributed by atoms with Gasteiger partial charge in [-0.25, -0.2) is 4.98 Å². The molecule has 0 fully saturated rings. The van der Waals surface area contributed by atoms with Crippen LogP contribution in [0.3, 0.4) is 0 Å². The van der Waals surface area contributed by atoms with Gasteiger partial charge in [0.1, 0.15) is 5.75 Å². The molecule has 1 unspecified atom stereocenters. The van der Waals surface area contributed by atoms with Crippen LogP contribution in [0, 0.1) is 6.92 Å². The number of alkyl halides is 1. The average molecular weight is 501 g/mol. The Morgan fingerprint density at radius 3 is 2.59 bits per heavy atom. The first kappa shape index (κ1) is 25.3. The Bertz CT molecular complexity index is 1160. The van der Waals surface area contributed by atoms with Crippen LogP contribution in [-0.4, -0.2) is 34.4 Å². The van der Waals surface area contributed by atoms with Gasteiger partial charge in [0, 0.05) is 23.2 Å². The van der Waals surface area contributed by atoms with Gasteiger partial charge in [-0.1, -0.05) is 29.8 Å². The van der Waals surface area contributed by atoms with Gasteiger partial charge in [0.2, 0.25) is 5.91 Å². The van der Waals surface area contributed by atoms with Crippen LogP contribution in [0.25, 0.3) is 11.8 Å². The van der Waals surface area contributed by atoms with Gasteiger partial charge < -0.3 is 9.30 Å². The lowest BCUT2D eigenvalue weighted by Gasteiger charge is -2.17. The number of ether oxygens (including phenoxy) is 1. The van der Waals surface area contributed by atoms with E-state index in [1.807, 2.05) is 35.9 Å². The molecule has 7 nitrogen and oxygen atoms in total. The molecule has 0 spiro atoms. The minimum atomic E-state index is -0.464. The smallest absolute Gasteiger partial charge is 0.262 e. The Morgan fingerprint density at radius 2 is 1.94 bits per heavy atom. The number of amides is 2. The standard InChI is InChI=1S/C25H26Cl2N4O3/c1-17-15-31(16-28-17)22-11-5-18(14-23(22)34-2)6-12-24(32)29-30-25(33)21(4-3-13-26)19-7-9-20(27)10-8-19/h5-12,14-16,21H,3-4,13H2,1-2H3,(H,29,32)(H,30,33)/b12-6+. The normalized spacial score (nSPS) is 11.9. The second-order valence-electron chi connectivity index (χ2n) is 7.60. The zero-order valence-corrected chi connectivity index (χ0v) is 20.4. The summed E-state index contributed by atoms with van der Waals surface area (Å²) in [4.78, 5) is 29.2. The van der Waals surface area contributed by atoms with Crippen molar-refractivity contribution in [2.75, 3.05) is 13.0 Å². The molecular weight excluding hydrogens is 475 g/mol. The molecule has 0 aliphatic heterocycles. The number of methoxy groups -OCH3 is 1. The number of carbonyl (C=O) groups excluding carboxylic acids is 2. The van der Waals surface area contributed by atoms with Gasteiger partial charge in [-0.2, -0.15) is 0 Å². The molecule has 0 radical (unpaired) electrons. The third-order valence-corrected chi connectivity index (χ3v) is 5.66. The summed E-state index contributed by atoms with van der Waals surface area (Å²) in [5.41, 5.74) is 8.22. The molecule has 1 atom stereocenters. The molecule has 0 saturated heterocycles. The molecule has 0 bridgehead atoms. The van der Waals surface area contributed by atoms with Gasteiger partial charge in [0.15, 0.2) is 0 Å². The van der Waals surface area contributed by atoms with Crippen LogP contribution >= 0.6 is 23.2 Å². The van der Waals surface area contributed by atoms with E-state index in [-0.39, 0.29) is 5.91 Å². The summed E-state index contributed by atoms with van der Waals surface area (Å²) < 4.78 is 7.35. The van der Waals surface area contributed by atoms with E-state index >= 15 is 0 Å². The fourth-order valence-corrected chi connectivity index (χ4v) is 3.69. The van der Waals surface area contributed by atoms with E-state index in [0.717, 1.165) is 22.5 Å². The summed E-state index contributed by atoms with van der Waals surface area (Å²) in [5, 5.41) is 0.587. The molecule has 0 aliphatic rings. The van der Waals surface area contributed by atoms with Gasteiger partial charge in [0.05, 0.1) is 30.7 Å². The second-order valence-corrected chi connectivity index (χ2v) is 8.42. The van der Waals surface area contributed by atoms with E-state index in [0.29, 0.717) is 29.5 Å². The minimum Gasteiger partial charge on any atom is -0.495 e. The monoisotopic (exact) mass is 500 g/mol. The van der Waals surface area contributed by atoms with Crippen molar-refractivity contribution < 1.29 is 14.3 Å². The quantitative estimate of drug-likeness (QED) is 0.251. The van der Waals surface area contributed by atoms with Gasteiger partial charge in [-0.05, 0) is 61.2 Å². The van der Waals surface area contributed by atoms with Crippen LogP contribution in [0.4, 0.5) is 0 Å². The zero-order valence-electron chi connectivity index (χ0n) is 18.9. The lowest BCUT2D eigenvalue weighted by Crippen LogP contribution is -2.43. The van der Waals surface area contributed by atoms with Gasteiger partial charge in [-0.3, -0.25) is 20.4 Å². The van der Waals surface area contributed by atoms with Crippen molar-refractivity contribution >= 4 is 41.1 Å². The summed E-state index contributed by atoms with van der Waals surface area (Å²) in [7, 11) is 1.58. The van der Waals surface area contributed by atoms with Gasteiger partial charge in [-0.15, -0.1) is 11.6 Å². The van der Waals surface area contributed by atoms with E-state index < -0.39 is 11.8 Å². The molecule has 1 heterocycles. The molecule has 3 rings (SSSR count). The Labute approximate surface area is 208 Å². The molecule has 1 aromatic heterocycles. The van der Waals surface area contributed by atoms with Crippen LogP contribution in [0.15, 0.2) is 61.1 Å². The van der Waals surface area contributed by atoms with Crippen LogP contribution in [0.5, 0.6) is 5.75 Å². The zero-order chi connectivity index (χ0) is 24.5. The number of imidazole rings is 1. The molecular formula is C25H26Cl2N4O3. The van der Waals surface area contributed by atoms with Crippen molar-refractivity contribution in [3.8, 4) is 11.4 Å². The highest BCUT2D eigenvalue weighted by Crippen LogP contribution is 2.25. The topological polar surface area (TPSA) is 85.3 Å². The van der Waals surface area contributed by atoms with E-state index in [1.165, 1.54) is 6.08 Å². The molecule has 2 aromatic carbocycles. The number of carbonyl (C=O) groups is 2. The average Bonchev–Trinajstić information content (AvgIpc) is 3.28. The highest BCUT2D eigenvalue weighted by atomic mass is 35.5. The number of benzene rings is 2. The van der Waals surface area contributed by atoms with E-state index in [4.69, 9.17) is 27.9 Å². The summed E-state index contributed by atoms with van der Waals surface area (Å²) >= 11 is 11.8. The number of hydrogen-bond donors (Lipinski definition) is 2. The van der Waals surface area contributed by atoms with Crippen LogP contribution < -0.4 is 15.6 Å². The van der Waals surface area contributed by atoms with Crippen molar-refractivity contribution in [3.63, 3.8) is 0 Å². The van der Waals surface area contributed by atoms with Crippen molar-refractivity contribution in [1.29, 1.82) is 0 Å². The first-order valence-corrected chi connectivity index (χ1v) is 11.6. The highest BCUT2D eigenvalue weighted by molar-refractivity contribution is 6.30. The molecule has 34 heavy (non-hydrogen) atoms. The summed E-state index contributed by atoms with van der Waals surface area (Å²) in [5.74, 6) is -0.165. The molecule has 2 amide bonds. The van der Waals surface area contributed by atoms with E-state index in [1.54, 1.807) is 43.8 Å². The van der Waals surface area contributed by atoms with Gasteiger partial charge in [0.25, 0.3) is 5.91 Å². The predicted molar refractivity (Wildman–Crippen MR) is 134 cm³/mol. The van der Waals surface area contributed by atoms with Crippen LogP contribution in [0.1, 0.15) is 35.6 Å². The van der Waals surface area contributed by atoms with Crippen LogP contribution in [0.2, 0.25) is 5.02 Å². The number of rotatable bonds is 9. The summed E-state index contributed by atoms with van der Waals surface area (Å²) in [6.07, 6.45) is 7.79. The van der Waals surface area contributed by atoms with Crippen molar-refractivity contribution in [3.05, 3.63) is 82.9 Å². The highest BCUT2D eigenvalue weighted by Gasteiger charge is 2.20. The Kier molecular flexibility index (Phi) is 9.13. The Morgan fingerprint density at radius 1 is 1.18 bits per heavy atom. The second kappa shape index (κ2) is 12.3. The molecule has 3 aromatic rings. The lowest BCUT2D eigenvalue weighted by molar-refractivity contribution is -0.127. The van der Waals surface area contributed by atoms with E-state index in [2.05, 4.69) is 15.8 Å². The minimum absolute atomic E-state index is 0.323. The Balaban J connectivity index is 1.62. The first-order chi connectivity index (χ1) is 16.4. The fraction of sp³-hybridized carbons (Fsp3) is 0.240. The maximum Gasteiger partial charge on any atom is 0.262 e. The largest absolute Gasteiger partial charge is 0.495 e. The first-order valence-electron chi connectivity index (χ1n) is 10.7. The summed E-state index contributed by atoms with van der Waals surface area (Å²) in [6.45, 7) is 1.91. The molecule has 0 aliphatic carbocycles. The SMILES string of the molecule is COc1cc(/C=C/C(=O)NNC(=O)C(CCCCl)c2ccc(Cl)cc2)ccc1-n1cnc(C)c1. The lowest BCUT2D eigenvalue weighted by atomic mass is 9.94. The number of aryl methyl sites for hydroxylation is 1. The fourth-order valence-electron chi connectivity index (χ4n) is 3.41. The number of nitrogens with zero attached hydrogens (tertiary/aromatic N) is 2. The summed E-state index contributed by atoms with van der Waals surface area (Å²) in [6, 6.07) is 12.6. The maximum absolute atomic E-state index is 12.7. The number of hydrogen-bond acceptors (Lipinski definition) is 4. The van der Waals surface area contributed by atoms with Gasteiger partial charge >= 0.3 is 0 Å². The number of nitrogens with one attached hydrogen (secondary N) is 2. The molecule has 2 N–H and O–H groups in total. The number of hydrazine groups is 1. The Hall–Kier alpha value is -3.29. The molecule has 9 heteroatoms. The third kappa shape index (κ3) is 6.85. The number of halogens is 2. The van der Waals surface area contributed by atoms with Crippen molar-refractivity contribution in [2.24, 2.45) is 0 Å². The third-order valence-electron chi connectivity index (χ3n) is 5.14. The van der Waals surface area contributed by atoms with E-state index in [9.17, 15) is 9.59 Å². The molecule has 0 saturated carbocycles. The predicted octanol–water partition coefficient (Wildman–Crippen LogP) is 4.81. The van der Waals surface area contributed by atoms with Crippen molar-refractivity contribution in [2.45, 2.75) is 25.7 Å². The maximum atomic E-state index is 12.7. The van der Waals surface area contributed by atoms with Crippen molar-refractivity contribution in [1.82, 2.24) is 20.4 Å². The van der Waals surface area contributed by atoms with Crippen LogP contribution in [-0.2, 0) is 9.59 Å². The number of aromatic nitrogens is 2. The molecule has 178 valence electrons.